The highest BCUT2D eigenvalue weighted by Crippen LogP contribution is 2.63. The van der Waals surface area contributed by atoms with E-state index in [0.717, 1.165) is 30.6 Å². The van der Waals surface area contributed by atoms with Gasteiger partial charge in [0, 0.05) is 0 Å². The van der Waals surface area contributed by atoms with E-state index in [1.807, 2.05) is 5.57 Å². The average Bonchev–Trinajstić information content (AvgIpc) is 2.81. The van der Waals surface area contributed by atoms with Crippen molar-refractivity contribution < 1.29 is 5.11 Å². The lowest BCUT2D eigenvalue weighted by Crippen LogP contribution is -2.47. The largest absolute Gasteiger partial charge is 0.393 e. The van der Waals surface area contributed by atoms with Crippen LogP contribution >= 0.6 is 0 Å². The third-order valence-corrected chi connectivity index (χ3v) is 7.77. The van der Waals surface area contributed by atoms with E-state index in [1.54, 1.807) is 0 Å². The summed E-state index contributed by atoms with van der Waals surface area (Å²) in [7, 11) is 0. The lowest BCUT2D eigenvalue weighted by Gasteiger charge is -2.56. The molecule has 2 unspecified atom stereocenters. The molecule has 3 saturated carbocycles. The van der Waals surface area contributed by atoms with E-state index in [4.69, 9.17) is 0 Å². The Bertz CT molecular complexity index is 439. The minimum Gasteiger partial charge on any atom is -0.393 e. The molecule has 0 aliphatic heterocycles. The van der Waals surface area contributed by atoms with Crippen molar-refractivity contribution in [3.05, 3.63) is 11.6 Å². The van der Waals surface area contributed by atoms with Crippen LogP contribution in [0.3, 0.4) is 0 Å². The molecule has 0 radical (unpaired) electrons. The monoisotopic (exact) mass is 274 g/mol. The summed E-state index contributed by atoms with van der Waals surface area (Å²) in [5, 5.41) is 10.0. The molecule has 1 nitrogen and oxygen atoms in total. The molecule has 0 aromatic rings. The third kappa shape index (κ3) is 1.71. The van der Waals surface area contributed by atoms with Gasteiger partial charge in [-0.15, -0.1) is 0 Å². The fraction of sp³-hybridized carbons (Fsp3) is 0.895. The summed E-state index contributed by atoms with van der Waals surface area (Å²) >= 11 is 0. The molecule has 1 heteroatoms. The standard InChI is InChI=1S/C19H30O/c1-18-9-3-4-16(18)15-6-5-13-12-14(20)7-11-19(13,2)17(15)8-10-18/h8,13-16,20H,3-7,9-12H2,1-2H3/t13-,14-,15?,16?,18+,19+/m1/s1. The summed E-state index contributed by atoms with van der Waals surface area (Å²) in [5.41, 5.74) is 2.86. The predicted molar refractivity (Wildman–Crippen MR) is 82.3 cm³/mol. The normalized spacial score (nSPS) is 54.6. The summed E-state index contributed by atoms with van der Waals surface area (Å²) in [6.07, 6.45) is 14.4. The summed E-state index contributed by atoms with van der Waals surface area (Å²) in [4.78, 5) is 0. The lowest BCUT2D eigenvalue weighted by atomic mass is 9.49. The number of allylic oxidation sites excluding steroid dienone is 2. The van der Waals surface area contributed by atoms with Crippen LogP contribution in [0.4, 0.5) is 0 Å². The highest BCUT2D eigenvalue weighted by molar-refractivity contribution is 5.28. The van der Waals surface area contributed by atoms with E-state index >= 15 is 0 Å². The maximum Gasteiger partial charge on any atom is 0.0543 e. The first-order chi connectivity index (χ1) is 9.53. The van der Waals surface area contributed by atoms with Crippen LogP contribution in [0.5, 0.6) is 0 Å². The van der Waals surface area contributed by atoms with Crippen LogP contribution < -0.4 is 0 Å². The molecule has 4 aliphatic carbocycles. The molecule has 0 aromatic carbocycles. The molecule has 0 bridgehead atoms. The topological polar surface area (TPSA) is 20.2 Å². The van der Waals surface area contributed by atoms with Crippen LogP contribution in [0.1, 0.15) is 71.6 Å². The SMILES string of the molecule is C[C@]12CC=C3C(CC[C@@H]4C[C@H](O)CC[C@]34C)C1CCC2. The number of aliphatic hydroxyl groups excluding tert-OH is 1. The zero-order valence-corrected chi connectivity index (χ0v) is 13.2. The van der Waals surface area contributed by atoms with Gasteiger partial charge < -0.3 is 5.11 Å². The Morgan fingerprint density at radius 2 is 1.95 bits per heavy atom. The van der Waals surface area contributed by atoms with Gasteiger partial charge in [0.2, 0.25) is 0 Å². The van der Waals surface area contributed by atoms with Gasteiger partial charge in [-0.3, -0.25) is 0 Å². The van der Waals surface area contributed by atoms with Crippen molar-refractivity contribution in [2.75, 3.05) is 0 Å². The van der Waals surface area contributed by atoms with Crippen LogP contribution in [0.2, 0.25) is 0 Å². The molecule has 6 atom stereocenters. The average molecular weight is 274 g/mol. The molecular weight excluding hydrogens is 244 g/mol. The quantitative estimate of drug-likeness (QED) is 0.635. The molecule has 0 heterocycles. The van der Waals surface area contributed by atoms with Gasteiger partial charge in [-0.25, -0.2) is 0 Å². The van der Waals surface area contributed by atoms with Gasteiger partial charge >= 0.3 is 0 Å². The minimum absolute atomic E-state index is 0.0226. The predicted octanol–water partition coefficient (Wildman–Crippen LogP) is 4.70. The highest BCUT2D eigenvalue weighted by Gasteiger charge is 2.54. The fourth-order valence-electron chi connectivity index (χ4n) is 6.50. The van der Waals surface area contributed by atoms with Crippen molar-refractivity contribution in [2.24, 2.45) is 28.6 Å². The second-order valence-electron chi connectivity index (χ2n) is 8.74. The molecule has 4 aliphatic rings. The number of aliphatic hydroxyl groups is 1. The maximum absolute atomic E-state index is 10.0. The fourth-order valence-corrected chi connectivity index (χ4v) is 6.50. The van der Waals surface area contributed by atoms with Crippen LogP contribution in [0.15, 0.2) is 11.6 Å². The van der Waals surface area contributed by atoms with E-state index < -0.39 is 0 Å². The van der Waals surface area contributed by atoms with Crippen LogP contribution in [0, 0.1) is 28.6 Å². The molecule has 0 spiro atoms. The Morgan fingerprint density at radius 3 is 2.80 bits per heavy atom. The van der Waals surface area contributed by atoms with Gasteiger partial charge in [-0.05, 0) is 80.0 Å². The summed E-state index contributed by atoms with van der Waals surface area (Å²) < 4.78 is 0. The number of hydrogen-bond acceptors (Lipinski definition) is 1. The molecule has 3 fully saturated rings. The molecule has 0 amide bonds. The van der Waals surface area contributed by atoms with Crippen molar-refractivity contribution in [3.8, 4) is 0 Å². The Hall–Kier alpha value is -0.300. The first-order valence-electron chi connectivity index (χ1n) is 8.91. The number of fused-ring (bicyclic) bond motifs is 5. The molecular formula is C19H30O. The van der Waals surface area contributed by atoms with Gasteiger partial charge in [0.05, 0.1) is 6.10 Å². The summed E-state index contributed by atoms with van der Waals surface area (Å²) in [5.74, 6) is 2.60. The van der Waals surface area contributed by atoms with Crippen LogP contribution in [-0.4, -0.2) is 11.2 Å². The molecule has 20 heavy (non-hydrogen) atoms. The molecule has 0 saturated heterocycles. The van der Waals surface area contributed by atoms with Crippen LogP contribution in [-0.2, 0) is 0 Å². The van der Waals surface area contributed by atoms with Crippen molar-refractivity contribution in [3.63, 3.8) is 0 Å². The van der Waals surface area contributed by atoms with Gasteiger partial charge in [0.1, 0.15) is 0 Å². The van der Waals surface area contributed by atoms with Crippen molar-refractivity contribution in [1.82, 2.24) is 0 Å². The molecule has 0 aromatic heterocycles. The highest BCUT2D eigenvalue weighted by atomic mass is 16.3. The maximum atomic E-state index is 10.0. The van der Waals surface area contributed by atoms with Crippen molar-refractivity contribution in [1.29, 1.82) is 0 Å². The Morgan fingerprint density at radius 1 is 1.10 bits per heavy atom. The van der Waals surface area contributed by atoms with E-state index in [2.05, 4.69) is 19.9 Å². The molecule has 4 rings (SSSR count). The zero-order valence-electron chi connectivity index (χ0n) is 13.2. The smallest absolute Gasteiger partial charge is 0.0543 e. The van der Waals surface area contributed by atoms with Crippen molar-refractivity contribution in [2.45, 2.75) is 77.7 Å². The second kappa shape index (κ2) is 4.35. The van der Waals surface area contributed by atoms with Gasteiger partial charge in [0.15, 0.2) is 0 Å². The van der Waals surface area contributed by atoms with Gasteiger partial charge in [0.25, 0.3) is 0 Å². The van der Waals surface area contributed by atoms with Gasteiger partial charge in [-0.1, -0.05) is 31.9 Å². The van der Waals surface area contributed by atoms with E-state index in [-0.39, 0.29) is 6.10 Å². The van der Waals surface area contributed by atoms with Crippen LogP contribution in [0.25, 0.3) is 0 Å². The number of rotatable bonds is 0. The minimum atomic E-state index is -0.0226. The first kappa shape index (κ1) is 13.4. The molecule has 1 N–H and O–H groups in total. The Balaban J connectivity index is 1.69. The first-order valence-corrected chi connectivity index (χ1v) is 8.91. The lowest BCUT2D eigenvalue weighted by molar-refractivity contribution is -0.00729. The Kier molecular flexibility index (Phi) is 2.91. The third-order valence-electron chi connectivity index (χ3n) is 7.77. The van der Waals surface area contributed by atoms with E-state index in [9.17, 15) is 5.11 Å². The summed E-state index contributed by atoms with van der Waals surface area (Å²) in [6.45, 7) is 5.08. The van der Waals surface area contributed by atoms with Crippen molar-refractivity contribution >= 4 is 0 Å². The molecule has 112 valence electrons. The number of hydrogen-bond donors (Lipinski definition) is 1. The zero-order chi connectivity index (χ0) is 14.0. The Labute approximate surface area is 123 Å². The van der Waals surface area contributed by atoms with E-state index in [0.29, 0.717) is 10.8 Å². The van der Waals surface area contributed by atoms with E-state index in [1.165, 1.54) is 44.9 Å². The summed E-state index contributed by atoms with van der Waals surface area (Å²) in [6, 6.07) is 0. The second-order valence-corrected chi connectivity index (χ2v) is 8.74. The van der Waals surface area contributed by atoms with Gasteiger partial charge in [-0.2, -0.15) is 0 Å².